The Hall–Kier alpha value is -1.13. The molecular weight excluding hydrogens is 238 g/mol. The number of anilines is 1. The first-order valence-electron chi connectivity index (χ1n) is 7.17. The highest BCUT2D eigenvalue weighted by molar-refractivity contribution is 5.40. The normalized spacial score (nSPS) is 17.8. The van der Waals surface area contributed by atoms with Crippen molar-refractivity contribution < 1.29 is 4.74 Å². The van der Waals surface area contributed by atoms with E-state index in [-0.39, 0.29) is 0 Å². The Balaban J connectivity index is 2.07. The van der Waals surface area contributed by atoms with Crippen molar-refractivity contribution >= 4 is 5.82 Å². The largest absolute Gasteiger partial charge is 0.378 e. The molecule has 1 aliphatic heterocycles. The van der Waals surface area contributed by atoms with Crippen LogP contribution in [0.2, 0.25) is 0 Å². The van der Waals surface area contributed by atoms with E-state index >= 15 is 0 Å². The van der Waals surface area contributed by atoms with E-state index in [2.05, 4.69) is 47.9 Å². The molecular formula is C15H25N3O. The van der Waals surface area contributed by atoms with Crippen LogP contribution in [-0.2, 0) is 4.74 Å². The van der Waals surface area contributed by atoms with Crippen LogP contribution in [0.4, 0.5) is 5.82 Å². The minimum absolute atomic E-state index is 0.469. The van der Waals surface area contributed by atoms with Crippen LogP contribution in [0.3, 0.4) is 0 Å². The molecule has 2 rings (SSSR count). The Morgan fingerprint density at radius 3 is 2.58 bits per heavy atom. The molecule has 0 spiro atoms. The molecule has 0 N–H and O–H groups in total. The zero-order valence-corrected chi connectivity index (χ0v) is 12.3. The second-order valence-corrected chi connectivity index (χ2v) is 5.32. The van der Waals surface area contributed by atoms with Crippen LogP contribution >= 0.6 is 0 Å². The first kappa shape index (κ1) is 14.3. The van der Waals surface area contributed by atoms with Gasteiger partial charge in [-0.1, -0.05) is 19.4 Å². The summed E-state index contributed by atoms with van der Waals surface area (Å²) in [6, 6.07) is 4.83. The number of rotatable bonds is 5. The Morgan fingerprint density at radius 1 is 1.32 bits per heavy atom. The summed E-state index contributed by atoms with van der Waals surface area (Å²) in [6.07, 6.45) is 4.39. The quantitative estimate of drug-likeness (QED) is 0.815. The van der Waals surface area contributed by atoms with Gasteiger partial charge in [0.05, 0.1) is 13.2 Å². The van der Waals surface area contributed by atoms with Gasteiger partial charge in [-0.05, 0) is 32.1 Å². The zero-order valence-electron chi connectivity index (χ0n) is 12.3. The first-order chi connectivity index (χ1) is 9.22. The minimum Gasteiger partial charge on any atom is -0.378 e. The van der Waals surface area contributed by atoms with Crippen LogP contribution in [0.25, 0.3) is 0 Å². The Bertz CT molecular complexity index is 371. The van der Waals surface area contributed by atoms with Crippen molar-refractivity contribution in [3.63, 3.8) is 0 Å². The summed E-state index contributed by atoms with van der Waals surface area (Å²) in [6.45, 7) is 5.72. The maximum Gasteiger partial charge on any atom is 0.128 e. The Labute approximate surface area is 116 Å². The summed E-state index contributed by atoms with van der Waals surface area (Å²) in [4.78, 5) is 9.19. The van der Waals surface area contributed by atoms with Crippen molar-refractivity contribution in [1.82, 2.24) is 9.88 Å². The predicted octanol–water partition coefficient (Wildman–Crippen LogP) is 2.32. The van der Waals surface area contributed by atoms with E-state index in [0.717, 1.165) is 32.1 Å². The molecule has 1 fully saturated rings. The first-order valence-corrected chi connectivity index (χ1v) is 7.17. The number of ether oxygens (including phenoxy) is 1. The summed E-state index contributed by atoms with van der Waals surface area (Å²) in [5.41, 5.74) is 1.31. The maximum atomic E-state index is 5.37. The van der Waals surface area contributed by atoms with Crippen LogP contribution in [0.1, 0.15) is 31.4 Å². The zero-order chi connectivity index (χ0) is 13.7. The average Bonchev–Trinajstić information content (AvgIpc) is 2.46. The van der Waals surface area contributed by atoms with Gasteiger partial charge in [-0.15, -0.1) is 0 Å². The predicted molar refractivity (Wildman–Crippen MR) is 78.6 cm³/mol. The maximum absolute atomic E-state index is 5.37. The number of hydrogen-bond donors (Lipinski definition) is 0. The molecule has 4 nitrogen and oxygen atoms in total. The van der Waals surface area contributed by atoms with Crippen molar-refractivity contribution in [3.8, 4) is 0 Å². The van der Waals surface area contributed by atoms with Gasteiger partial charge >= 0.3 is 0 Å². The second-order valence-electron chi connectivity index (χ2n) is 5.32. The highest BCUT2D eigenvalue weighted by atomic mass is 16.5. The molecule has 0 aromatic carbocycles. The van der Waals surface area contributed by atoms with Crippen LogP contribution in [0, 0.1) is 0 Å². The lowest BCUT2D eigenvalue weighted by atomic mass is 10.0. The molecule has 2 heterocycles. The number of hydrogen-bond acceptors (Lipinski definition) is 4. The van der Waals surface area contributed by atoms with Gasteiger partial charge in [0.1, 0.15) is 5.82 Å². The Morgan fingerprint density at radius 2 is 2.05 bits per heavy atom. The highest BCUT2D eigenvalue weighted by Crippen LogP contribution is 2.24. The van der Waals surface area contributed by atoms with E-state index < -0.39 is 0 Å². The van der Waals surface area contributed by atoms with Gasteiger partial charge in [-0.25, -0.2) is 4.98 Å². The van der Waals surface area contributed by atoms with Crippen LogP contribution in [0.5, 0.6) is 0 Å². The van der Waals surface area contributed by atoms with E-state index in [1.54, 1.807) is 0 Å². The third-order valence-corrected chi connectivity index (χ3v) is 3.68. The summed E-state index contributed by atoms with van der Waals surface area (Å²) in [5, 5.41) is 0. The number of nitrogens with zero attached hydrogens (tertiary/aromatic N) is 3. The molecule has 1 aliphatic rings. The molecule has 0 saturated carbocycles. The summed E-state index contributed by atoms with van der Waals surface area (Å²) < 4.78 is 5.37. The van der Waals surface area contributed by atoms with Crippen LogP contribution in [0.15, 0.2) is 18.3 Å². The van der Waals surface area contributed by atoms with Gasteiger partial charge in [0, 0.05) is 25.3 Å². The third kappa shape index (κ3) is 3.67. The van der Waals surface area contributed by atoms with E-state index in [4.69, 9.17) is 4.74 Å². The highest BCUT2D eigenvalue weighted by Gasteiger charge is 2.15. The lowest BCUT2D eigenvalue weighted by Crippen LogP contribution is -2.36. The van der Waals surface area contributed by atoms with Crippen molar-refractivity contribution in [2.75, 3.05) is 45.3 Å². The summed E-state index contributed by atoms with van der Waals surface area (Å²) in [7, 11) is 4.27. The molecule has 106 valence electrons. The van der Waals surface area contributed by atoms with Crippen molar-refractivity contribution in [2.24, 2.45) is 0 Å². The monoisotopic (exact) mass is 263 g/mol. The molecule has 0 radical (unpaired) electrons. The SMILES string of the molecule is CCC[C@@H](c1ccc(N2CCOCC2)nc1)N(C)C. The molecule has 0 aliphatic carbocycles. The molecule has 4 heteroatoms. The van der Waals surface area contributed by atoms with Gasteiger partial charge < -0.3 is 14.5 Å². The van der Waals surface area contributed by atoms with E-state index in [0.29, 0.717) is 6.04 Å². The topological polar surface area (TPSA) is 28.6 Å². The number of aromatic nitrogens is 1. The fourth-order valence-electron chi connectivity index (χ4n) is 2.57. The van der Waals surface area contributed by atoms with Crippen molar-refractivity contribution in [2.45, 2.75) is 25.8 Å². The van der Waals surface area contributed by atoms with E-state index in [1.807, 2.05) is 6.20 Å². The van der Waals surface area contributed by atoms with Gasteiger partial charge in [-0.3, -0.25) is 0 Å². The smallest absolute Gasteiger partial charge is 0.128 e. The molecule has 19 heavy (non-hydrogen) atoms. The lowest BCUT2D eigenvalue weighted by Gasteiger charge is -2.29. The molecule has 1 atom stereocenters. The molecule has 0 amide bonds. The van der Waals surface area contributed by atoms with E-state index in [1.165, 1.54) is 18.4 Å². The average molecular weight is 263 g/mol. The second kappa shape index (κ2) is 6.87. The number of pyridine rings is 1. The van der Waals surface area contributed by atoms with E-state index in [9.17, 15) is 0 Å². The fourth-order valence-corrected chi connectivity index (χ4v) is 2.57. The van der Waals surface area contributed by atoms with Crippen molar-refractivity contribution in [3.05, 3.63) is 23.9 Å². The van der Waals surface area contributed by atoms with Crippen molar-refractivity contribution in [1.29, 1.82) is 0 Å². The molecule has 1 aromatic rings. The summed E-state index contributed by atoms with van der Waals surface area (Å²) in [5.74, 6) is 1.07. The standard InChI is InChI=1S/C15H25N3O/c1-4-5-14(17(2)3)13-6-7-15(16-12-13)18-8-10-19-11-9-18/h6-7,12,14H,4-5,8-11H2,1-3H3/t14-/m0/s1. The molecule has 0 bridgehead atoms. The number of morpholine rings is 1. The van der Waals surface area contributed by atoms with Crippen LogP contribution < -0.4 is 4.90 Å². The molecule has 1 aromatic heterocycles. The Kier molecular flexibility index (Phi) is 5.16. The van der Waals surface area contributed by atoms with Gasteiger partial charge in [-0.2, -0.15) is 0 Å². The molecule has 1 saturated heterocycles. The molecule has 0 unspecified atom stereocenters. The lowest BCUT2D eigenvalue weighted by molar-refractivity contribution is 0.122. The fraction of sp³-hybridized carbons (Fsp3) is 0.667. The third-order valence-electron chi connectivity index (χ3n) is 3.68. The van der Waals surface area contributed by atoms with Crippen LogP contribution in [-0.4, -0.2) is 50.3 Å². The van der Waals surface area contributed by atoms with Gasteiger partial charge in [0.15, 0.2) is 0 Å². The summed E-state index contributed by atoms with van der Waals surface area (Å²) >= 11 is 0. The van der Waals surface area contributed by atoms with Gasteiger partial charge in [0.25, 0.3) is 0 Å². The van der Waals surface area contributed by atoms with Gasteiger partial charge in [0.2, 0.25) is 0 Å². The minimum atomic E-state index is 0.469.